The summed E-state index contributed by atoms with van der Waals surface area (Å²) >= 11 is 0. The lowest BCUT2D eigenvalue weighted by Gasteiger charge is -2.25. The minimum atomic E-state index is -0.0732. The molecule has 21 heavy (non-hydrogen) atoms. The van der Waals surface area contributed by atoms with Gasteiger partial charge in [-0.3, -0.25) is 0 Å². The SMILES string of the molecule is CCCNc1ncnc(NCC2(C)CCCO2)c1C(C)C. The number of hydrogen-bond acceptors (Lipinski definition) is 5. The fourth-order valence-electron chi connectivity index (χ4n) is 2.71. The van der Waals surface area contributed by atoms with E-state index in [9.17, 15) is 0 Å². The lowest BCUT2D eigenvalue weighted by Crippen LogP contribution is -2.33. The number of anilines is 2. The molecule has 1 aromatic rings. The molecule has 1 aromatic heterocycles. The molecule has 1 saturated heterocycles. The summed E-state index contributed by atoms with van der Waals surface area (Å²) < 4.78 is 5.84. The van der Waals surface area contributed by atoms with E-state index < -0.39 is 0 Å². The van der Waals surface area contributed by atoms with E-state index in [1.165, 1.54) is 0 Å². The van der Waals surface area contributed by atoms with Gasteiger partial charge in [0.25, 0.3) is 0 Å². The highest BCUT2D eigenvalue weighted by Crippen LogP contribution is 2.30. The van der Waals surface area contributed by atoms with Crippen LogP contribution in [0.5, 0.6) is 0 Å². The van der Waals surface area contributed by atoms with Gasteiger partial charge in [0, 0.05) is 25.3 Å². The van der Waals surface area contributed by atoms with E-state index in [0.29, 0.717) is 5.92 Å². The number of ether oxygens (including phenoxy) is 1. The van der Waals surface area contributed by atoms with Gasteiger partial charge in [0.1, 0.15) is 18.0 Å². The van der Waals surface area contributed by atoms with E-state index in [0.717, 1.165) is 56.2 Å². The maximum atomic E-state index is 5.84. The summed E-state index contributed by atoms with van der Waals surface area (Å²) in [5.74, 6) is 2.24. The second-order valence-corrected chi connectivity index (χ2v) is 6.32. The van der Waals surface area contributed by atoms with Crippen molar-refractivity contribution >= 4 is 11.6 Å². The van der Waals surface area contributed by atoms with Crippen molar-refractivity contribution in [2.45, 2.75) is 58.5 Å². The number of aromatic nitrogens is 2. The second-order valence-electron chi connectivity index (χ2n) is 6.32. The molecule has 1 atom stereocenters. The van der Waals surface area contributed by atoms with E-state index in [1.54, 1.807) is 6.33 Å². The summed E-state index contributed by atoms with van der Waals surface area (Å²) in [6.45, 7) is 11.2. The van der Waals surface area contributed by atoms with Crippen molar-refractivity contribution in [2.24, 2.45) is 0 Å². The van der Waals surface area contributed by atoms with Gasteiger partial charge in [-0.25, -0.2) is 9.97 Å². The molecule has 5 nitrogen and oxygen atoms in total. The standard InChI is InChI=1S/C16H28N4O/c1-5-8-17-14-13(12(2)3)15(20-11-19-14)18-10-16(4)7-6-9-21-16/h11-12H,5-10H2,1-4H3,(H2,17,18,19,20). The maximum Gasteiger partial charge on any atom is 0.135 e. The highest BCUT2D eigenvalue weighted by molar-refractivity contribution is 5.59. The number of nitrogens with zero attached hydrogens (tertiary/aromatic N) is 2. The fourth-order valence-corrected chi connectivity index (χ4v) is 2.71. The predicted octanol–water partition coefficient (Wildman–Crippen LogP) is 3.40. The lowest BCUT2D eigenvalue weighted by atomic mass is 10.0. The zero-order chi connectivity index (χ0) is 15.3. The molecule has 0 aromatic carbocycles. The Labute approximate surface area is 127 Å². The molecule has 0 amide bonds. The van der Waals surface area contributed by atoms with Crippen molar-refractivity contribution < 1.29 is 4.74 Å². The maximum absolute atomic E-state index is 5.84. The van der Waals surface area contributed by atoms with E-state index in [1.807, 2.05) is 0 Å². The summed E-state index contributed by atoms with van der Waals surface area (Å²) in [5.41, 5.74) is 1.09. The Morgan fingerprint density at radius 1 is 1.29 bits per heavy atom. The number of hydrogen-bond donors (Lipinski definition) is 2. The third-order valence-corrected chi connectivity index (χ3v) is 3.93. The molecule has 2 rings (SSSR count). The molecule has 0 radical (unpaired) electrons. The third-order valence-electron chi connectivity index (χ3n) is 3.93. The minimum Gasteiger partial charge on any atom is -0.373 e. The Bertz CT molecular complexity index is 456. The molecule has 5 heteroatoms. The topological polar surface area (TPSA) is 59.1 Å². The second kappa shape index (κ2) is 7.07. The molecule has 0 aliphatic carbocycles. The normalized spacial score (nSPS) is 21.8. The summed E-state index contributed by atoms with van der Waals surface area (Å²) in [5, 5.41) is 6.88. The van der Waals surface area contributed by atoms with Crippen LogP contribution in [-0.4, -0.2) is 35.3 Å². The smallest absolute Gasteiger partial charge is 0.135 e. The van der Waals surface area contributed by atoms with Gasteiger partial charge in [0.05, 0.1) is 5.60 Å². The van der Waals surface area contributed by atoms with Crippen LogP contribution in [-0.2, 0) is 4.74 Å². The van der Waals surface area contributed by atoms with Gasteiger partial charge in [-0.2, -0.15) is 0 Å². The van der Waals surface area contributed by atoms with Gasteiger partial charge in [-0.05, 0) is 32.1 Å². The summed E-state index contributed by atoms with van der Waals surface area (Å²) in [4.78, 5) is 8.84. The van der Waals surface area contributed by atoms with Crippen molar-refractivity contribution in [2.75, 3.05) is 30.3 Å². The first-order valence-electron chi connectivity index (χ1n) is 8.02. The molecule has 2 N–H and O–H groups in total. The average molecular weight is 292 g/mol. The minimum absolute atomic E-state index is 0.0732. The van der Waals surface area contributed by atoms with Crippen molar-refractivity contribution in [3.8, 4) is 0 Å². The fraction of sp³-hybridized carbons (Fsp3) is 0.750. The molecular weight excluding hydrogens is 264 g/mol. The Morgan fingerprint density at radius 2 is 2.00 bits per heavy atom. The number of rotatable bonds is 7. The Morgan fingerprint density at radius 3 is 2.57 bits per heavy atom. The number of nitrogens with one attached hydrogen (secondary N) is 2. The zero-order valence-corrected chi connectivity index (χ0v) is 13.7. The van der Waals surface area contributed by atoms with Crippen LogP contribution >= 0.6 is 0 Å². The summed E-state index contributed by atoms with van der Waals surface area (Å²) in [6.07, 6.45) is 4.95. The molecule has 2 heterocycles. The first-order valence-corrected chi connectivity index (χ1v) is 8.02. The Kier molecular flexibility index (Phi) is 5.39. The van der Waals surface area contributed by atoms with Crippen LogP contribution < -0.4 is 10.6 Å². The monoisotopic (exact) mass is 292 g/mol. The van der Waals surface area contributed by atoms with Crippen molar-refractivity contribution in [3.63, 3.8) is 0 Å². The van der Waals surface area contributed by atoms with Gasteiger partial charge >= 0.3 is 0 Å². The first kappa shape index (κ1) is 16.0. The average Bonchev–Trinajstić information content (AvgIpc) is 2.90. The third kappa shape index (κ3) is 4.06. The molecule has 1 fully saturated rings. The van der Waals surface area contributed by atoms with Gasteiger partial charge in [0.15, 0.2) is 0 Å². The molecule has 1 aliphatic rings. The quantitative estimate of drug-likeness (QED) is 0.806. The molecule has 0 saturated carbocycles. The van der Waals surface area contributed by atoms with Crippen LogP contribution in [0.2, 0.25) is 0 Å². The van der Waals surface area contributed by atoms with E-state index >= 15 is 0 Å². The largest absolute Gasteiger partial charge is 0.373 e. The predicted molar refractivity (Wildman–Crippen MR) is 87.0 cm³/mol. The van der Waals surface area contributed by atoms with Crippen molar-refractivity contribution in [3.05, 3.63) is 11.9 Å². The van der Waals surface area contributed by atoms with Crippen molar-refractivity contribution in [1.82, 2.24) is 9.97 Å². The molecule has 0 bridgehead atoms. The molecular formula is C16H28N4O. The summed E-state index contributed by atoms with van der Waals surface area (Å²) in [7, 11) is 0. The molecule has 1 unspecified atom stereocenters. The first-order chi connectivity index (χ1) is 10.1. The van der Waals surface area contributed by atoms with Gasteiger partial charge < -0.3 is 15.4 Å². The zero-order valence-electron chi connectivity index (χ0n) is 13.7. The molecule has 1 aliphatic heterocycles. The Hall–Kier alpha value is -1.36. The molecule has 118 valence electrons. The van der Waals surface area contributed by atoms with Crippen LogP contribution in [0, 0.1) is 0 Å². The van der Waals surface area contributed by atoms with Crippen LogP contribution in [0.15, 0.2) is 6.33 Å². The van der Waals surface area contributed by atoms with Gasteiger partial charge in [-0.15, -0.1) is 0 Å². The van der Waals surface area contributed by atoms with Crippen LogP contribution in [0.25, 0.3) is 0 Å². The Balaban J connectivity index is 2.13. The van der Waals surface area contributed by atoms with E-state index in [-0.39, 0.29) is 5.60 Å². The highest BCUT2D eigenvalue weighted by atomic mass is 16.5. The summed E-state index contributed by atoms with van der Waals surface area (Å²) in [6, 6.07) is 0. The lowest BCUT2D eigenvalue weighted by molar-refractivity contribution is 0.0314. The van der Waals surface area contributed by atoms with Crippen LogP contribution in [0.4, 0.5) is 11.6 Å². The van der Waals surface area contributed by atoms with Gasteiger partial charge in [-0.1, -0.05) is 20.8 Å². The highest BCUT2D eigenvalue weighted by Gasteiger charge is 2.30. The van der Waals surface area contributed by atoms with Crippen molar-refractivity contribution in [1.29, 1.82) is 0 Å². The van der Waals surface area contributed by atoms with Crippen LogP contribution in [0.1, 0.15) is 58.4 Å². The van der Waals surface area contributed by atoms with E-state index in [4.69, 9.17) is 4.74 Å². The van der Waals surface area contributed by atoms with Gasteiger partial charge in [0.2, 0.25) is 0 Å². The van der Waals surface area contributed by atoms with E-state index in [2.05, 4.69) is 48.3 Å². The van der Waals surface area contributed by atoms with Crippen LogP contribution in [0.3, 0.4) is 0 Å². The molecule has 0 spiro atoms.